The molecule has 0 spiro atoms. The molecule has 0 aliphatic heterocycles. The Morgan fingerprint density at radius 1 is 1.10 bits per heavy atom. The first kappa shape index (κ1) is 14.8. The number of hydrogen-bond donors (Lipinski definition) is 1. The molecule has 1 saturated carbocycles. The Kier molecular flexibility index (Phi) is 4.73. The van der Waals surface area contributed by atoms with E-state index in [2.05, 4.69) is 21.9 Å². The first-order valence-electron chi connectivity index (χ1n) is 8.57. The Morgan fingerprint density at radius 3 is 2.76 bits per heavy atom. The van der Waals surface area contributed by atoms with Gasteiger partial charge in [-0.3, -0.25) is 0 Å². The number of anilines is 1. The molecule has 0 amide bonds. The van der Waals surface area contributed by atoms with Gasteiger partial charge in [0.2, 0.25) is 0 Å². The van der Waals surface area contributed by atoms with Gasteiger partial charge in [-0.25, -0.2) is 9.97 Å². The van der Waals surface area contributed by atoms with Gasteiger partial charge in [0.15, 0.2) is 0 Å². The van der Waals surface area contributed by atoms with Crippen LogP contribution in [0.25, 0.3) is 0 Å². The summed E-state index contributed by atoms with van der Waals surface area (Å²) < 4.78 is 0. The first-order chi connectivity index (χ1) is 10.3. The highest BCUT2D eigenvalue weighted by Crippen LogP contribution is 2.33. The summed E-state index contributed by atoms with van der Waals surface area (Å²) in [5, 5.41) is 0. The second kappa shape index (κ2) is 6.73. The Balaban J connectivity index is 1.88. The molecular weight excluding hydrogens is 260 g/mol. The Hall–Kier alpha value is -1.16. The molecule has 4 nitrogen and oxygen atoms in total. The highest BCUT2D eigenvalue weighted by atomic mass is 15.2. The molecule has 0 radical (unpaired) electrons. The van der Waals surface area contributed by atoms with E-state index in [1.165, 1.54) is 62.0 Å². The monoisotopic (exact) mass is 288 g/mol. The minimum atomic E-state index is 0.547. The predicted molar refractivity (Wildman–Crippen MR) is 86.5 cm³/mol. The fraction of sp³-hybridized carbons (Fsp3) is 0.765. The maximum Gasteiger partial charge on any atom is 0.135 e. The average Bonchev–Trinajstić information content (AvgIpc) is 2.79. The van der Waals surface area contributed by atoms with Gasteiger partial charge in [0.25, 0.3) is 0 Å². The summed E-state index contributed by atoms with van der Waals surface area (Å²) in [5.74, 6) is 1.78. The van der Waals surface area contributed by atoms with Crippen LogP contribution in [0, 0.1) is 5.92 Å². The molecule has 2 N–H and O–H groups in total. The standard InChI is InChI=1S/C17H28N4/c1-21(16-10-6-5-7-13(16)11-18)17-14-8-3-2-4-9-15(14)19-12-20-17/h12-13,16H,2-11,18H2,1H3. The average molecular weight is 288 g/mol. The van der Waals surface area contributed by atoms with Crippen molar-refractivity contribution in [1.29, 1.82) is 0 Å². The second-order valence-electron chi connectivity index (χ2n) is 6.64. The van der Waals surface area contributed by atoms with Crippen LogP contribution < -0.4 is 10.6 Å². The molecule has 1 heterocycles. The third-order valence-electron chi connectivity index (χ3n) is 5.36. The quantitative estimate of drug-likeness (QED) is 0.869. The second-order valence-corrected chi connectivity index (χ2v) is 6.64. The summed E-state index contributed by atoms with van der Waals surface area (Å²) in [5.41, 5.74) is 8.70. The zero-order valence-electron chi connectivity index (χ0n) is 13.2. The molecule has 2 atom stereocenters. The van der Waals surface area contributed by atoms with Crippen molar-refractivity contribution in [1.82, 2.24) is 9.97 Å². The molecule has 1 aromatic rings. The van der Waals surface area contributed by atoms with Gasteiger partial charge in [-0.15, -0.1) is 0 Å². The summed E-state index contributed by atoms with van der Waals surface area (Å²) in [6.45, 7) is 0.794. The summed E-state index contributed by atoms with van der Waals surface area (Å²) in [4.78, 5) is 11.6. The number of aromatic nitrogens is 2. The van der Waals surface area contributed by atoms with E-state index in [-0.39, 0.29) is 0 Å². The lowest BCUT2D eigenvalue weighted by atomic mass is 9.83. The molecule has 2 aliphatic rings. The molecule has 2 unspecified atom stereocenters. The van der Waals surface area contributed by atoms with E-state index < -0.39 is 0 Å². The van der Waals surface area contributed by atoms with Crippen LogP contribution >= 0.6 is 0 Å². The number of fused-ring (bicyclic) bond motifs is 1. The lowest BCUT2D eigenvalue weighted by Gasteiger charge is -2.39. The zero-order chi connectivity index (χ0) is 14.7. The normalized spacial score (nSPS) is 26.0. The van der Waals surface area contributed by atoms with Crippen LogP contribution in [0.15, 0.2) is 6.33 Å². The Labute approximate surface area is 128 Å². The first-order valence-corrected chi connectivity index (χ1v) is 8.57. The minimum Gasteiger partial charge on any atom is -0.356 e. The van der Waals surface area contributed by atoms with Crippen molar-refractivity contribution in [2.45, 2.75) is 63.8 Å². The maximum absolute atomic E-state index is 6.01. The topological polar surface area (TPSA) is 55.0 Å². The van der Waals surface area contributed by atoms with Crippen LogP contribution in [0.2, 0.25) is 0 Å². The van der Waals surface area contributed by atoms with Crippen LogP contribution in [-0.2, 0) is 12.8 Å². The number of nitrogens with two attached hydrogens (primary N) is 1. The van der Waals surface area contributed by atoms with E-state index in [1.807, 2.05) is 0 Å². The Bertz CT molecular complexity index is 474. The molecular formula is C17H28N4. The zero-order valence-corrected chi connectivity index (χ0v) is 13.2. The van der Waals surface area contributed by atoms with Gasteiger partial charge in [0.05, 0.1) is 0 Å². The van der Waals surface area contributed by atoms with Crippen molar-refractivity contribution in [3.05, 3.63) is 17.6 Å². The van der Waals surface area contributed by atoms with E-state index in [9.17, 15) is 0 Å². The molecule has 0 bridgehead atoms. The van der Waals surface area contributed by atoms with Gasteiger partial charge in [-0.05, 0) is 51.0 Å². The lowest BCUT2D eigenvalue weighted by molar-refractivity contribution is 0.305. The van der Waals surface area contributed by atoms with Gasteiger partial charge in [-0.1, -0.05) is 19.3 Å². The van der Waals surface area contributed by atoms with Crippen molar-refractivity contribution in [3.8, 4) is 0 Å². The van der Waals surface area contributed by atoms with Gasteiger partial charge in [0.1, 0.15) is 12.1 Å². The van der Waals surface area contributed by atoms with Crippen molar-refractivity contribution >= 4 is 5.82 Å². The van der Waals surface area contributed by atoms with Crippen molar-refractivity contribution in [2.24, 2.45) is 11.7 Å². The number of rotatable bonds is 3. The molecule has 2 aliphatic carbocycles. The molecule has 3 rings (SSSR count). The highest BCUT2D eigenvalue weighted by molar-refractivity contribution is 5.49. The van der Waals surface area contributed by atoms with Crippen molar-refractivity contribution < 1.29 is 0 Å². The molecule has 0 saturated heterocycles. The van der Waals surface area contributed by atoms with Crippen LogP contribution in [0.4, 0.5) is 5.82 Å². The van der Waals surface area contributed by atoms with E-state index in [0.717, 1.165) is 19.4 Å². The predicted octanol–water partition coefficient (Wildman–Crippen LogP) is 2.70. The summed E-state index contributed by atoms with van der Waals surface area (Å²) in [6.07, 6.45) is 13.0. The minimum absolute atomic E-state index is 0.547. The van der Waals surface area contributed by atoms with E-state index in [1.54, 1.807) is 6.33 Å². The molecule has 1 aromatic heterocycles. The lowest BCUT2D eigenvalue weighted by Crippen LogP contribution is -2.44. The van der Waals surface area contributed by atoms with Gasteiger partial charge in [-0.2, -0.15) is 0 Å². The summed E-state index contributed by atoms with van der Waals surface area (Å²) in [7, 11) is 2.21. The summed E-state index contributed by atoms with van der Waals surface area (Å²) >= 11 is 0. The Morgan fingerprint density at radius 2 is 1.90 bits per heavy atom. The highest BCUT2D eigenvalue weighted by Gasteiger charge is 2.29. The van der Waals surface area contributed by atoms with Crippen molar-refractivity contribution in [2.75, 3.05) is 18.5 Å². The van der Waals surface area contributed by atoms with E-state index >= 15 is 0 Å². The fourth-order valence-corrected chi connectivity index (χ4v) is 4.11. The maximum atomic E-state index is 6.01. The number of hydrogen-bond acceptors (Lipinski definition) is 4. The third-order valence-corrected chi connectivity index (χ3v) is 5.36. The van der Waals surface area contributed by atoms with Gasteiger partial charge >= 0.3 is 0 Å². The molecule has 1 fully saturated rings. The van der Waals surface area contributed by atoms with Crippen LogP contribution in [0.1, 0.15) is 56.2 Å². The van der Waals surface area contributed by atoms with Crippen LogP contribution in [-0.4, -0.2) is 29.6 Å². The molecule has 116 valence electrons. The van der Waals surface area contributed by atoms with Gasteiger partial charge < -0.3 is 10.6 Å². The third kappa shape index (κ3) is 3.05. The largest absolute Gasteiger partial charge is 0.356 e. The van der Waals surface area contributed by atoms with Gasteiger partial charge in [0, 0.05) is 24.3 Å². The van der Waals surface area contributed by atoms with E-state index in [0.29, 0.717) is 12.0 Å². The number of aryl methyl sites for hydroxylation is 1. The molecule has 21 heavy (non-hydrogen) atoms. The van der Waals surface area contributed by atoms with Crippen LogP contribution in [0.3, 0.4) is 0 Å². The number of nitrogens with zero attached hydrogens (tertiary/aromatic N) is 3. The molecule has 4 heteroatoms. The molecule has 0 aromatic carbocycles. The van der Waals surface area contributed by atoms with Crippen LogP contribution in [0.5, 0.6) is 0 Å². The summed E-state index contributed by atoms with van der Waals surface area (Å²) in [6, 6.07) is 0.547. The fourth-order valence-electron chi connectivity index (χ4n) is 4.11. The smallest absolute Gasteiger partial charge is 0.135 e. The van der Waals surface area contributed by atoms with E-state index in [4.69, 9.17) is 5.73 Å². The SMILES string of the molecule is CN(c1ncnc2c1CCCCC2)C1CCCCC1CN. The van der Waals surface area contributed by atoms with Crippen molar-refractivity contribution in [3.63, 3.8) is 0 Å².